The van der Waals surface area contributed by atoms with Gasteiger partial charge in [-0.3, -0.25) is 0 Å². The summed E-state index contributed by atoms with van der Waals surface area (Å²) in [6.07, 6.45) is 9.92. The molecule has 0 saturated carbocycles. The SMILES string of the molecule is [CH2]Cc1ccc(C2=CCCCCC2)cc1. The van der Waals surface area contributed by atoms with Crippen LogP contribution in [-0.2, 0) is 6.42 Å². The van der Waals surface area contributed by atoms with Gasteiger partial charge in [-0.25, -0.2) is 0 Å². The molecule has 0 nitrogen and oxygen atoms in total. The Morgan fingerprint density at radius 3 is 2.53 bits per heavy atom. The predicted octanol–water partition coefficient (Wildman–Crippen LogP) is 4.41. The molecule has 1 aromatic carbocycles. The van der Waals surface area contributed by atoms with Crippen molar-refractivity contribution in [1.29, 1.82) is 0 Å². The maximum absolute atomic E-state index is 3.90. The first-order valence-electron chi connectivity index (χ1n) is 5.98. The standard InChI is InChI=1S/C15H19/c1-2-13-9-11-15(12-10-13)14-7-5-3-4-6-8-14/h7,9-12H,1-6,8H2. The van der Waals surface area contributed by atoms with Crippen molar-refractivity contribution >= 4 is 5.57 Å². The van der Waals surface area contributed by atoms with Gasteiger partial charge in [0, 0.05) is 0 Å². The molecule has 0 aromatic heterocycles. The van der Waals surface area contributed by atoms with Gasteiger partial charge in [0.25, 0.3) is 0 Å². The molecule has 0 bridgehead atoms. The Morgan fingerprint density at radius 2 is 1.80 bits per heavy atom. The third-order valence-electron chi connectivity index (χ3n) is 3.15. The van der Waals surface area contributed by atoms with Gasteiger partial charge in [-0.1, -0.05) is 36.8 Å². The van der Waals surface area contributed by atoms with E-state index in [2.05, 4.69) is 37.3 Å². The highest BCUT2D eigenvalue weighted by Crippen LogP contribution is 2.26. The molecule has 0 atom stereocenters. The minimum Gasteiger partial charge on any atom is -0.0807 e. The maximum atomic E-state index is 3.90. The largest absolute Gasteiger partial charge is 0.0807 e. The molecule has 2 rings (SSSR count). The Bertz CT molecular complexity index is 330. The highest BCUT2D eigenvalue weighted by molar-refractivity contribution is 5.65. The van der Waals surface area contributed by atoms with Crippen LogP contribution in [0.1, 0.15) is 43.2 Å². The van der Waals surface area contributed by atoms with Crippen LogP contribution in [0.15, 0.2) is 30.3 Å². The molecule has 0 saturated heterocycles. The Morgan fingerprint density at radius 1 is 1.00 bits per heavy atom. The molecule has 79 valence electrons. The average molecular weight is 199 g/mol. The zero-order valence-electron chi connectivity index (χ0n) is 9.34. The van der Waals surface area contributed by atoms with E-state index < -0.39 is 0 Å². The second kappa shape index (κ2) is 5.16. The van der Waals surface area contributed by atoms with Gasteiger partial charge in [-0.2, -0.15) is 0 Å². The lowest BCUT2D eigenvalue weighted by atomic mass is 9.99. The van der Waals surface area contributed by atoms with Crippen molar-refractivity contribution in [1.82, 2.24) is 0 Å². The maximum Gasteiger partial charge on any atom is -0.0228 e. The van der Waals surface area contributed by atoms with Gasteiger partial charge in [0.2, 0.25) is 0 Å². The van der Waals surface area contributed by atoms with Crippen LogP contribution in [0.3, 0.4) is 0 Å². The zero-order valence-corrected chi connectivity index (χ0v) is 9.34. The predicted molar refractivity (Wildman–Crippen MR) is 66.6 cm³/mol. The number of allylic oxidation sites excluding steroid dienone is 2. The zero-order chi connectivity index (χ0) is 10.5. The minimum atomic E-state index is 0.888. The van der Waals surface area contributed by atoms with Crippen molar-refractivity contribution in [2.24, 2.45) is 0 Å². The lowest BCUT2D eigenvalue weighted by molar-refractivity contribution is 0.720. The van der Waals surface area contributed by atoms with Crippen LogP contribution in [0, 0.1) is 6.92 Å². The fourth-order valence-electron chi connectivity index (χ4n) is 2.16. The molecule has 0 heterocycles. The Balaban J connectivity index is 2.16. The molecule has 0 amide bonds. The molecule has 0 N–H and O–H groups in total. The van der Waals surface area contributed by atoms with Gasteiger partial charge in [0.1, 0.15) is 0 Å². The van der Waals surface area contributed by atoms with Crippen molar-refractivity contribution in [3.63, 3.8) is 0 Å². The first-order valence-corrected chi connectivity index (χ1v) is 5.98. The number of hydrogen-bond acceptors (Lipinski definition) is 0. The topological polar surface area (TPSA) is 0 Å². The molecule has 0 heteroatoms. The van der Waals surface area contributed by atoms with Crippen LogP contribution in [0.5, 0.6) is 0 Å². The Hall–Kier alpha value is -1.04. The van der Waals surface area contributed by atoms with Crippen molar-refractivity contribution in [3.8, 4) is 0 Å². The molecule has 0 spiro atoms. The van der Waals surface area contributed by atoms with Crippen LogP contribution in [-0.4, -0.2) is 0 Å². The summed E-state index contributed by atoms with van der Waals surface area (Å²) in [6, 6.07) is 8.90. The molecule has 0 fully saturated rings. The summed E-state index contributed by atoms with van der Waals surface area (Å²) in [5.41, 5.74) is 4.28. The third-order valence-corrected chi connectivity index (χ3v) is 3.15. The number of hydrogen-bond donors (Lipinski definition) is 0. The third kappa shape index (κ3) is 2.71. The van der Waals surface area contributed by atoms with Gasteiger partial charge < -0.3 is 0 Å². The quantitative estimate of drug-likeness (QED) is 0.661. The van der Waals surface area contributed by atoms with E-state index in [1.54, 1.807) is 5.57 Å². The molecule has 1 radical (unpaired) electrons. The van der Waals surface area contributed by atoms with E-state index in [1.807, 2.05) is 0 Å². The van der Waals surface area contributed by atoms with Gasteiger partial charge in [-0.15, -0.1) is 0 Å². The van der Waals surface area contributed by atoms with Crippen molar-refractivity contribution in [3.05, 3.63) is 48.4 Å². The minimum absolute atomic E-state index is 0.888. The summed E-state index contributed by atoms with van der Waals surface area (Å²) < 4.78 is 0. The van der Waals surface area contributed by atoms with Gasteiger partial charge >= 0.3 is 0 Å². The molecule has 0 aliphatic heterocycles. The van der Waals surface area contributed by atoms with E-state index in [1.165, 1.54) is 43.2 Å². The van der Waals surface area contributed by atoms with E-state index in [9.17, 15) is 0 Å². The second-order valence-corrected chi connectivity index (χ2v) is 4.28. The van der Waals surface area contributed by atoms with Crippen molar-refractivity contribution < 1.29 is 0 Å². The molecular weight excluding hydrogens is 180 g/mol. The smallest absolute Gasteiger partial charge is 0.0228 e. The molecule has 0 unspecified atom stereocenters. The second-order valence-electron chi connectivity index (χ2n) is 4.28. The van der Waals surface area contributed by atoms with E-state index in [4.69, 9.17) is 0 Å². The average Bonchev–Trinajstić information content (AvgIpc) is 2.58. The summed E-state index contributed by atoms with van der Waals surface area (Å²) in [4.78, 5) is 0. The number of benzene rings is 1. The lowest BCUT2D eigenvalue weighted by Crippen LogP contribution is -1.86. The summed E-state index contributed by atoms with van der Waals surface area (Å²) >= 11 is 0. The van der Waals surface area contributed by atoms with Gasteiger partial charge in [0.05, 0.1) is 0 Å². The number of rotatable bonds is 2. The van der Waals surface area contributed by atoms with E-state index >= 15 is 0 Å². The van der Waals surface area contributed by atoms with Crippen LogP contribution >= 0.6 is 0 Å². The summed E-state index contributed by atoms with van der Waals surface area (Å²) in [7, 11) is 0. The monoisotopic (exact) mass is 199 g/mol. The molecule has 1 aromatic rings. The molecule has 1 aliphatic rings. The van der Waals surface area contributed by atoms with E-state index in [0.29, 0.717) is 0 Å². The van der Waals surface area contributed by atoms with Crippen molar-refractivity contribution in [2.45, 2.75) is 38.5 Å². The van der Waals surface area contributed by atoms with Gasteiger partial charge in [0.15, 0.2) is 0 Å². The highest BCUT2D eigenvalue weighted by atomic mass is 14.1. The molecule has 1 aliphatic carbocycles. The Labute approximate surface area is 93.0 Å². The van der Waals surface area contributed by atoms with Crippen LogP contribution in [0.25, 0.3) is 5.57 Å². The summed E-state index contributed by atoms with van der Waals surface area (Å²) in [5, 5.41) is 0. The van der Waals surface area contributed by atoms with E-state index in [0.717, 1.165) is 6.42 Å². The van der Waals surface area contributed by atoms with Crippen LogP contribution < -0.4 is 0 Å². The van der Waals surface area contributed by atoms with Crippen LogP contribution in [0.4, 0.5) is 0 Å². The first kappa shape index (κ1) is 10.5. The molecule has 15 heavy (non-hydrogen) atoms. The first-order chi connectivity index (χ1) is 7.40. The van der Waals surface area contributed by atoms with Gasteiger partial charge in [-0.05, 0) is 55.7 Å². The lowest BCUT2D eigenvalue weighted by Gasteiger charge is -2.06. The fraction of sp³-hybridized carbons (Fsp3) is 0.400. The van der Waals surface area contributed by atoms with E-state index in [-0.39, 0.29) is 0 Å². The van der Waals surface area contributed by atoms with Crippen LogP contribution in [0.2, 0.25) is 0 Å². The normalized spacial score (nSPS) is 17.0. The Kier molecular flexibility index (Phi) is 3.60. The fourth-order valence-corrected chi connectivity index (χ4v) is 2.16. The highest BCUT2D eigenvalue weighted by Gasteiger charge is 2.04. The summed E-state index contributed by atoms with van der Waals surface area (Å²) in [6.45, 7) is 3.90. The molecular formula is C15H19. The van der Waals surface area contributed by atoms with Crippen molar-refractivity contribution in [2.75, 3.05) is 0 Å². The summed E-state index contributed by atoms with van der Waals surface area (Å²) in [5.74, 6) is 0.